The summed E-state index contributed by atoms with van der Waals surface area (Å²) in [4.78, 5) is 14.9. The number of rotatable bonds is 2. The number of carbonyl (C=O) groups is 1. The van der Waals surface area contributed by atoms with Crippen LogP contribution in [0.3, 0.4) is 0 Å². The van der Waals surface area contributed by atoms with Crippen LogP contribution < -0.4 is 9.47 Å². The summed E-state index contributed by atoms with van der Waals surface area (Å²) in [7, 11) is 0. The van der Waals surface area contributed by atoms with Crippen LogP contribution in [0, 0.1) is 6.92 Å². The Labute approximate surface area is 160 Å². The zero-order chi connectivity index (χ0) is 18.4. The Balaban J connectivity index is 1.37. The first-order valence-electron chi connectivity index (χ1n) is 10.0. The van der Waals surface area contributed by atoms with Gasteiger partial charge < -0.3 is 14.4 Å². The molecule has 4 heteroatoms. The minimum absolute atomic E-state index is 0.153. The Morgan fingerprint density at radius 1 is 1.07 bits per heavy atom. The summed E-state index contributed by atoms with van der Waals surface area (Å²) in [5.74, 6) is 2.78. The molecule has 0 aromatic heterocycles. The predicted molar refractivity (Wildman–Crippen MR) is 104 cm³/mol. The van der Waals surface area contributed by atoms with Gasteiger partial charge >= 0.3 is 0 Å². The Kier molecular flexibility index (Phi) is 4.07. The van der Waals surface area contributed by atoms with E-state index in [0.29, 0.717) is 5.92 Å². The van der Waals surface area contributed by atoms with Crippen LogP contribution in [0.5, 0.6) is 11.5 Å². The predicted octanol–water partition coefficient (Wildman–Crippen LogP) is 3.88. The van der Waals surface area contributed by atoms with E-state index >= 15 is 0 Å². The molecule has 0 saturated carbocycles. The second-order valence-corrected chi connectivity index (χ2v) is 7.89. The first-order valence-corrected chi connectivity index (χ1v) is 10.0. The number of fused-ring (bicyclic) bond motifs is 2. The van der Waals surface area contributed by atoms with Gasteiger partial charge in [0.1, 0.15) is 11.5 Å². The Morgan fingerprint density at radius 3 is 2.70 bits per heavy atom. The summed E-state index contributed by atoms with van der Waals surface area (Å²) in [6, 6.07) is 10.1. The van der Waals surface area contributed by atoms with E-state index in [2.05, 4.69) is 6.07 Å². The fourth-order valence-corrected chi connectivity index (χ4v) is 4.79. The molecule has 0 aliphatic carbocycles. The number of piperidine rings is 1. The van der Waals surface area contributed by atoms with E-state index in [1.54, 1.807) is 0 Å². The smallest absolute Gasteiger partial charge is 0.253 e. The molecular formula is C23H25NO3. The number of carbonyl (C=O) groups excluding carboxylic acids is 1. The second-order valence-electron chi connectivity index (χ2n) is 7.89. The van der Waals surface area contributed by atoms with Crippen molar-refractivity contribution in [2.45, 2.75) is 38.5 Å². The molecule has 3 aliphatic heterocycles. The zero-order valence-corrected chi connectivity index (χ0v) is 15.8. The van der Waals surface area contributed by atoms with Gasteiger partial charge in [-0.2, -0.15) is 0 Å². The molecule has 0 N–H and O–H groups in total. The van der Waals surface area contributed by atoms with Crippen molar-refractivity contribution < 1.29 is 14.3 Å². The van der Waals surface area contributed by atoms with E-state index in [-0.39, 0.29) is 5.91 Å². The molecular weight excluding hydrogens is 338 g/mol. The summed E-state index contributed by atoms with van der Waals surface area (Å²) in [6.45, 7) is 5.18. The molecule has 0 radical (unpaired) electrons. The van der Waals surface area contributed by atoms with Crippen LogP contribution in [0.1, 0.15) is 51.4 Å². The van der Waals surface area contributed by atoms with Crippen molar-refractivity contribution in [3.8, 4) is 11.5 Å². The average molecular weight is 363 g/mol. The number of nitrogens with zero attached hydrogens (tertiary/aromatic N) is 1. The summed E-state index contributed by atoms with van der Waals surface area (Å²) in [5, 5.41) is 0. The van der Waals surface area contributed by atoms with Crippen molar-refractivity contribution in [2.24, 2.45) is 0 Å². The largest absolute Gasteiger partial charge is 0.493 e. The lowest BCUT2D eigenvalue weighted by atomic mass is 9.83. The van der Waals surface area contributed by atoms with Crippen molar-refractivity contribution in [3.63, 3.8) is 0 Å². The van der Waals surface area contributed by atoms with E-state index < -0.39 is 0 Å². The van der Waals surface area contributed by atoms with Gasteiger partial charge in [-0.3, -0.25) is 4.79 Å². The summed E-state index contributed by atoms with van der Waals surface area (Å²) in [6.07, 6.45) is 3.93. The molecule has 0 atom stereocenters. The molecule has 0 spiro atoms. The van der Waals surface area contributed by atoms with Crippen molar-refractivity contribution >= 4 is 5.91 Å². The van der Waals surface area contributed by atoms with Gasteiger partial charge in [-0.05, 0) is 43.9 Å². The fraction of sp³-hybridized carbons (Fsp3) is 0.435. The molecule has 0 bridgehead atoms. The van der Waals surface area contributed by atoms with E-state index in [1.807, 2.05) is 36.1 Å². The monoisotopic (exact) mass is 363 g/mol. The van der Waals surface area contributed by atoms with Crippen molar-refractivity contribution in [2.75, 3.05) is 26.3 Å². The zero-order valence-electron chi connectivity index (χ0n) is 15.8. The van der Waals surface area contributed by atoms with Crippen LogP contribution in [0.25, 0.3) is 0 Å². The van der Waals surface area contributed by atoms with Crippen molar-refractivity contribution in [1.82, 2.24) is 4.90 Å². The minimum atomic E-state index is 0.153. The summed E-state index contributed by atoms with van der Waals surface area (Å²) in [5.41, 5.74) is 5.94. The average Bonchev–Trinajstić information content (AvgIpc) is 3.34. The Hall–Kier alpha value is -2.49. The first-order chi connectivity index (χ1) is 13.2. The number of ether oxygens (including phenoxy) is 2. The third kappa shape index (κ3) is 2.88. The van der Waals surface area contributed by atoms with E-state index in [4.69, 9.17) is 9.47 Å². The normalized spacial score (nSPS) is 18.6. The van der Waals surface area contributed by atoms with Gasteiger partial charge in [0.15, 0.2) is 0 Å². The van der Waals surface area contributed by atoms with Gasteiger partial charge in [-0.25, -0.2) is 0 Å². The number of likely N-dealkylation sites (tertiary alicyclic amines) is 1. The van der Waals surface area contributed by atoms with E-state index in [9.17, 15) is 4.79 Å². The molecule has 27 heavy (non-hydrogen) atoms. The number of hydrogen-bond acceptors (Lipinski definition) is 3. The maximum absolute atomic E-state index is 12.9. The number of amides is 1. The van der Waals surface area contributed by atoms with Crippen molar-refractivity contribution in [3.05, 3.63) is 58.1 Å². The van der Waals surface area contributed by atoms with Gasteiger partial charge in [-0.15, -0.1) is 0 Å². The number of hydrogen-bond donors (Lipinski definition) is 0. The lowest BCUT2D eigenvalue weighted by molar-refractivity contribution is 0.0712. The Morgan fingerprint density at radius 2 is 1.89 bits per heavy atom. The molecule has 2 aromatic carbocycles. The van der Waals surface area contributed by atoms with Gasteiger partial charge in [0.25, 0.3) is 5.91 Å². The molecule has 140 valence electrons. The molecule has 0 unspecified atom stereocenters. The molecule has 4 nitrogen and oxygen atoms in total. The highest BCUT2D eigenvalue weighted by Gasteiger charge is 2.33. The lowest BCUT2D eigenvalue weighted by Crippen LogP contribution is -2.38. The SMILES string of the molecule is Cc1cccc(C(=O)N2CCC(c3c4c(cc5c3OCC5)OCC4)CC2)c1. The molecule has 2 aromatic rings. The second kappa shape index (κ2) is 6.59. The van der Waals surface area contributed by atoms with Crippen LogP contribution in [0.4, 0.5) is 0 Å². The highest BCUT2D eigenvalue weighted by molar-refractivity contribution is 5.94. The fourth-order valence-electron chi connectivity index (χ4n) is 4.79. The maximum Gasteiger partial charge on any atom is 0.253 e. The molecule has 1 saturated heterocycles. The number of benzene rings is 2. The van der Waals surface area contributed by atoms with Gasteiger partial charge in [-0.1, -0.05) is 17.7 Å². The van der Waals surface area contributed by atoms with Crippen molar-refractivity contribution in [1.29, 1.82) is 0 Å². The van der Waals surface area contributed by atoms with Gasteiger partial charge in [0.2, 0.25) is 0 Å². The molecule has 5 rings (SSSR count). The third-order valence-electron chi connectivity index (χ3n) is 6.15. The Bertz CT molecular complexity index is 864. The first kappa shape index (κ1) is 16.7. The molecule has 1 amide bonds. The standard InChI is InChI=1S/C23H25NO3/c1-15-3-2-4-18(13-15)23(25)24-9-5-16(6-10-24)21-19-8-12-26-20(19)14-17-7-11-27-22(17)21/h2-4,13-14,16H,5-12H2,1H3. The van der Waals surface area contributed by atoms with Gasteiger partial charge in [0, 0.05) is 48.2 Å². The maximum atomic E-state index is 12.9. The molecule has 1 fully saturated rings. The van der Waals surface area contributed by atoms with Crippen LogP contribution in [-0.2, 0) is 12.8 Å². The highest BCUT2D eigenvalue weighted by Crippen LogP contribution is 2.46. The van der Waals surface area contributed by atoms with Gasteiger partial charge in [0.05, 0.1) is 13.2 Å². The minimum Gasteiger partial charge on any atom is -0.493 e. The molecule has 3 aliphatic rings. The van der Waals surface area contributed by atoms with Crippen LogP contribution >= 0.6 is 0 Å². The van der Waals surface area contributed by atoms with Crippen LogP contribution in [0.15, 0.2) is 30.3 Å². The number of aryl methyl sites for hydroxylation is 1. The third-order valence-corrected chi connectivity index (χ3v) is 6.15. The molecule has 3 heterocycles. The topological polar surface area (TPSA) is 38.8 Å². The van der Waals surface area contributed by atoms with E-state index in [0.717, 1.165) is 74.6 Å². The lowest BCUT2D eigenvalue weighted by Gasteiger charge is -2.33. The van der Waals surface area contributed by atoms with Crippen LogP contribution in [-0.4, -0.2) is 37.1 Å². The quantitative estimate of drug-likeness (QED) is 0.813. The summed E-state index contributed by atoms with van der Waals surface area (Å²) >= 11 is 0. The van der Waals surface area contributed by atoms with E-state index in [1.165, 1.54) is 16.7 Å². The summed E-state index contributed by atoms with van der Waals surface area (Å²) < 4.78 is 11.9. The highest BCUT2D eigenvalue weighted by atomic mass is 16.5. The van der Waals surface area contributed by atoms with Crippen LogP contribution in [0.2, 0.25) is 0 Å².